The zero-order valence-corrected chi connectivity index (χ0v) is 16.6. The number of carbonyl (C=O) groups is 3. The predicted octanol–water partition coefficient (Wildman–Crippen LogP) is 2.66. The van der Waals surface area contributed by atoms with Gasteiger partial charge in [0.15, 0.2) is 0 Å². The van der Waals surface area contributed by atoms with Crippen LogP contribution < -0.4 is 10.6 Å². The number of aromatic nitrogens is 2. The highest BCUT2D eigenvalue weighted by Crippen LogP contribution is 2.21. The van der Waals surface area contributed by atoms with Gasteiger partial charge in [0.2, 0.25) is 0 Å². The SMILES string of the molecule is CCc1c(C(=O)Nc2ccc(C(=O)NCCC(=O)O)cc2)cnn1C(C)(C)C. The van der Waals surface area contributed by atoms with Gasteiger partial charge in [0.05, 0.1) is 29.4 Å². The first-order valence-corrected chi connectivity index (χ1v) is 9.12. The van der Waals surface area contributed by atoms with E-state index in [2.05, 4.69) is 15.7 Å². The molecule has 0 aliphatic rings. The van der Waals surface area contributed by atoms with Crippen LogP contribution in [0.15, 0.2) is 30.5 Å². The smallest absolute Gasteiger partial charge is 0.305 e. The van der Waals surface area contributed by atoms with E-state index in [1.165, 1.54) is 0 Å². The Labute approximate surface area is 163 Å². The number of rotatable bonds is 7. The van der Waals surface area contributed by atoms with Crippen LogP contribution in [-0.4, -0.2) is 39.2 Å². The molecule has 28 heavy (non-hydrogen) atoms. The number of carboxylic acid groups (broad SMARTS) is 1. The van der Waals surface area contributed by atoms with Crippen molar-refractivity contribution in [3.63, 3.8) is 0 Å². The molecule has 2 amide bonds. The molecular formula is C20H26N4O4. The fourth-order valence-corrected chi connectivity index (χ4v) is 2.77. The molecule has 1 aromatic heterocycles. The maximum Gasteiger partial charge on any atom is 0.305 e. The third-order valence-electron chi connectivity index (χ3n) is 4.11. The highest BCUT2D eigenvalue weighted by atomic mass is 16.4. The number of anilines is 1. The number of nitrogens with one attached hydrogen (secondary N) is 2. The molecule has 0 aliphatic carbocycles. The Bertz CT molecular complexity index is 863. The van der Waals surface area contributed by atoms with Crippen LogP contribution in [0.3, 0.4) is 0 Å². The van der Waals surface area contributed by atoms with Crippen LogP contribution in [0.2, 0.25) is 0 Å². The van der Waals surface area contributed by atoms with E-state index in [4.69, 9.17) is 5.11 Å². The molecule has 0 fully saturated rings. The van der Waals surface area contributed by atoms with E-state index < -0.39 is 5.97 Å². The van der Waals surface area contributed by atoms with Gasteiger partial charge >= 0.3 is 5.97 Å². The molecule has 0 bridgehead atoms. The molecule has 0 saturated carbocycles. The molecule has 2 aromatic rings. The van der Waals surface area contributed by atoms with E-state index in [1.54, 1.807) is 30.5 Å². The number of nitrogens with zero attached hydrogens (tertiary/aromatic N) is 2. The monoisotopic (exact) mass is 386 g/mol. The van der Waals surface area contributed by atoms with Crippen molar-refractivity contribution < 1.29 is 19.5 Å². The van der Waals surface area contributed by atoms with E-state index in [9.17, 15) is 14.4 Å². The van der Waals surface area contributed by atoms with Crippen molar-refractivity contribution >= 4 is 23.5 Å². The summed E-state index contributed by atoms with van der Waals surface area (Å²) in [6, 6.07) is 6.41. The summed E-state index contributed by atoms with van der Waals surface area (Å²) in [5, 5.41) is 18.3. The minimum Gasteiger partial charge on any atom is -0.481 e. The molecule has 0 spiro atoms. The Morgan fingerprint density at radius 2 is 1.75 bits per heavy atom. The second-order valence-corrected chi connectivity index (χ2v) is 7.37. The molecule has 2 rings (SSSR count). The minimum atomic E-state index is -0.973. The van der Waals surface area contributed by atoms with E-state index in [0.717, 1.165) is 5.69 Å². The summed E-state index contributed by atoms with van der Waals surface area (Å²) in [5.41, 5.74) is 2.10. The van der Waals surface area contributed by atoms with Crippen LogP contribution in [0.4, 0.5) is 5.69 Å². The maximum atomic E-state index is 12.7. The molecule has 8 heteroatoms. The third-order valence-corrected chi connectivity index (χ3v) is 4.11. The normalized spacial score (nSPS) is 11.1. The van der Waals surface area contributed by atoms with Gasteiger partial charge < -0.3 is 15.7 Å². The molecule has 0 radical (unpaired) electrons. The summed E-state index contributed by atoms with van der Waals surface area (Å²) >= 11 is 0. The first-order valence-electron chi connectivity index (χ1n) is 9.12. The highest BCUT2D eigenvalue weighted by molar-refractivity contribution is 6.05. The maximum absolute atomic E-state index is 12.7. The van der Waals surface area contributed by atoms with Gasteiger partial charge in [-0.1, -0.05) is 6.92 Å². The van der Waals surface area contributed by atoms with Crippen LogP contribution in [0.25, 0.3) is 0 Å². The molecule has 150 valence electrons. The number of aliphatic carboxylic acids is 1. The molecule has 0 aliphatic heterocycles. The summed E-state index contributed by atoms with van der Waals surface area (Å²) in [4.78, 5) is 35.1. The minimum absolute atomic E-state index is 0.0597. The van der Waals surface area contributed by atoms with Crippen LogP contribution in [-0.2, 0) is 16.8 Å². The Morgan fingerprint density at radius 3 is 2.29 bits per heavy atom. The number of benzene rings is 1. The Hall–Kier alpha value is -3.16. The van der Waals surface area contributed by atoms with E-state index in [-0.39, 0.29) is 30.3 Å². The summed E-state index contributed by atoms with van der Waals surface area (Å²) < 4.78 is 1.85. The molecule has 0 atom stereocenters. The van der Waals surface area contributed by atoms with Gasteiger partial charge in [-0.25, -0.2) is 0 Å². The predicted molar refractivity (Wildman–Crippen MR) is 106 cm³/mol. The standard InChI is InChI=1S/C20H26N4O4/c1-5-16-15(12-22-24(16)20(2,3)4)19(28)23-14-8-6-13(7-9-14)18(27)21-11-10-17(25)26/h6-9,12H,5,10-11H2,1-4H3,(H,21,27)(H,23,28)(H,25,26). The van der Waals surface area contributed by atoms with Gasteiger partial charge in [0.25, 0.3) is 11.8 Å². The molecule has 1 aromatic carbocycles. The quantitative estimate of drug-likeness (QED) is 0.677. The van der Waals surface area contributed by atoms with E-state index >= 15 is 0 Å². The summed E-state index contributed by atoms with van der Waals surface area (Å²) in [5.74, 6) is -1.59. The van der Waals surface area contributed by atoms with Crippen molar-refractivity contribution in [2.24, 2.45) is 0 Å². The van der Waals surface area contributed by atoms with Crippen molar-refractivity contribution in [2.75, 3.05) is 11.9 Å². The van der Waals surface area contributed by atoms with Crippen molar-refractivity contribution in [3.8, 4) is 0 Å². The fourth-order valence-electron chi connectivity index (χ4n) is 2.77. The van der Waals surface area contributed by atoms with E-state index in [0.29, 0.717) is 23.2 Å². The highest BCUT2D eigenvalue weighted by Gasteiger charge is 2.23. The summed E-state index contributed by atoms with van der Waals surface area (Å²) in [6.45, 7) is 8.13. The molecule has 0 saturated heterocycles. The molecule has 3 N–H and O–H groups in total. The Kier molecular flexibility index (Phi) is 6.56. The summed E-state index contributed by atoms with van der Waals surface area (Å²) in [6.07, 6.45) is 2.11. The second-order valence-electron chi connectivity index (χ2n) is 7.37. The Balaban J connectivity index is 2.06. The average Bonchev–Trinajstić information content (AvgIpc) is 3.06. The number of carboxylic acids is 1. The van der Waals surface area contributed by atoms with Gasteiger partial charge in [-0.2, -0.15) is 5.10 Å². The van der Waals surface area contributed by atoms with Crippen molar-refractivity contribution in [3.05, 3.63) is 47.3 Å². The van der Waals surface area contributed by atoms with Gasteiger partial charge in [-0.3, -0.25) is 19.1 Å². The van der Waals surface area contributed by atoms with Crippen molar-refractivity contribution in [1.82, 2.24) is 15.1 Å². The van der Waals surface area contributed by atoms with Crippen molar-refractivity contribution in [2.45, 2.75) is 46.1 Å². The fraction of sp³-hybridized carbons (Fsp3) is 0.400. The topological polar surface area (TPSA) is 113 Å². The lowest BCUT2D eigenvalue weighted by atomic mass is 10.1. The van der Waals surface area contributed by atoms with Gasteiger partial charge in [-0.05, 0) is 51.5 Å². The Morgan fingerprint density at radius 1 is 1.11 bits per heavy atom. The van der Waals surface area contributed by atoms with Gasteiger partial charge in [0.1, 0.15) is 0 Å². The third kappa shape index (κ3) is 5.18. The van der Waals surface area contributed by atoms with E-state index in [1.807, 2.05) is 32.4 Å². The zero-order valence-electron chi connectivity index (χ0n) is 16.6. The van der Waals surface area contributed by atoms with Gasteiger partial charge in [0, 0.05) is 17.8 Å². The lowest BCUT2D eigenvalue weighted by Crippen LogP contribution is -2.26. The first-order chi connectivity index (χ1) is 13.1. The zero-order chi connectivity index (χ0) is 20.9. The van der Waals surface area contributed by atoms with Crippen LogP contribution in [0.5, 0.6) is 0 Å². The molecule has 1 heterocycles. The average molecular weight is 386 g/mol. The molecule has 8 nitrogen and oxygen atoms in total. The number of hydrogen-bond donors (Lipinski definition) is 3. The van der Waals surface area contributed by atoms with Crippen LogP contribution in [0, 0.1) is 0 Å². The van der Waals surface area contributed by atoms with Gasteiger partial charge in [-0.15, -0.1) is 0 Å². The molecule has 0 unspecified atom stereocenters. The first kappa shape index (κ1) is 21.1. The van der Waals surface area contributed by atoms with Crippen molar-refractivity contribution in [1.29, 1.82) is 0 Å². The van der Waals surface area contributed by atoms with Crippen LogP contribution in [0.1, 0.15) is 60.5 Å². The number of amides is 2. The van der Waals surface area contributed by atoms with Crippen LogP contribution >= 0.6 is 0 Å². The molecular weight excluding hydrogens is 360 g/mol. The number of carbonyl (C=O) groups excluding carboxylic acids is 2. The second kappa shape index (κ2) is 8.69. The lowest BCUT2D eigenvalue weighted by molar-refractivity contribution is -0.136. The largest absolute Gasteiger partial charge is 0.481 e. The lowest BCUT2D eigenvalue weighted by Gasteiger charge is -2.22. The number of hydrogen-bond acceptors (Lipinski definition) is 4. The summed E-state index contributed by atoms with van der Waals surface area (Å²) in [7, 11) is 0.